The molecule has 0 saturated carbocycles. The summed E-state index contributed by atoms with van der Waals surface area (Å²) in [5.41, 5.74) is 0.891. The number of amides is 1. The van der Waals surface area contributed by atoms with Crippen LogP contribution in [-0.2, 0) is 6.61 Å². The highest BCUT2D eigenvalue weighted by atomic mass is 35.5. The molecule has 3 aromatic rings. The molecular weight excluding hydrogens is 333 g/mol. The van der Waals surface area contributed by atoms with Crippen LogP contribution in [-0.4, -0.2) is 5.91 Å². The third-order valence-electron chi connectivity index (χ3n) is 3.30. The summed E-state index contributed by atoms with van der Waals surface area (Å²) in [5.74, 6) is 0.00600. The number of carbonyl (C=O) groups is 1. The van der Waals surface area contributed by atoms with Crippen LogP contribution in [0.3, 0.4) is 0 Å². The van der Waals surface area contributed by atoms with E-state index in [0.717, 1.165) is 0 Å². The van der Waals surface area contributed by atoms with E-state index < -0.39 is 5.82 Å². The second-order valence-electron chi connectivity index (χ2n) is 4.94. The molecule has 0 radical (unpaired) electrons. The zero-order chi connectivity index (χ0) is 16.9. The number of hydrogen-bond donors (Lipinski definition) is 1. The summed E-state index contributed by atoms with van der Waals surface area (Å²) in [6, 6.07) is 14.4. The van der Waals surface area contributed by atoms with Crippen molar-refractivity contribution in [3.63, 3.8) is 0 Å². The predicted molar refractivity (Wildman–Crippen MR) is 88.8 cm³/mol. The molecule has 1 N–H and O–H groups in total. The molecule has 0 fully saturated rings. The Balaban J connectivity index is 1.61. The largest absolute Gasteiger partial charge is 0.489 e. The standard InChI is InChI=1S/C18H13ClFNO3/c19-15-3-1-4-16(20)14(15)11-24-13-8-6-12(7-9-13)21-18(22)17-5-2-10-23-17/h1-10H,11H2,(H,21,22). The van der Waals surface area contributed by atoms with Crippen LogP contribution in [0.4, 0.5) is 10.1 Å². The lowest BCUT2D eigenvalue weighted by molar-refractivity contribution is 0.0996. The van der Waals surface area contributed by atoms with Gasteiger partial charge in [0, 0.05) is 11.3 Å². The maximum Gasteiger partial charge on any atom is 0.291 e. The number of halogens is 2. The van der Waals surface area contributed by atoms with Gasteiger partial charge in [0.2, 0.25) is 0 Å². The Morgan fingerprint density at radius 3 is 2.58 bits per heavy atom. The molecule has 2 aromatic carbocycles. The van der Waals surface area contributed by atoms with Crippen molar-refractivity contribution in [3.05, 3.63) is 83.0 Å². The molecule has 0 spiro atoms. The van der Waals surface area contributed by atoms with Crippen molar-refractivity contribution < 1.29 is 18.3 Å². The van der Waals surface area contributed by atoms with Crippen LogP contribution in [0, 0.1) is 5.82 Å². The fourth-order valence-electron chi connectivity index (χ4n) is 2.06. The third-order valence-corrected chi connectivity index (χ3v) is 3.66. The third kappa shape index (κ3) is 3.75. The molecule has 0 unspecified atom stereocenters. The Labute approximate surface area is 142 Å². The van der Waals surface area contributed by atoms with Gasteiger partial charge >= 0.3 is 0 Å². The molecule has 1 heterocycles. The summed E-state index contributed by atoms with van der Waals surface area (Å²) in [5, 5.41) is 3.01. The van der Waals surface area contributed by atoms with Gasteiger partial charge in [-0.15, -0.1) is 0 Å². The van der Waals surface area contributed by atoms with Gasteiger partial charge in [-0.25, -0.2) is 4.39 Å². The molecule has 122 valence electrons. The van der Waals surface area contributed by atoms with Crippen LogP contribution in [0.1, 0.15) is 16.1 Å². The van der Waals surface area contributed by atoms with Gasteiger partial charge in [-0.2, -0.15) is 0 Å². The van der Waals surface area contributed by atoms with Gasteiger partial charge in [-0.3, -0.25) is 4.79 Å². The first-order valence-electron chi connectivity index (χ1n) is 7.14. The molecule has 0 saturated heterocycles. The Kier molecular flexibility index (Phi) is 4.82. The molecule has 6 heteroatoms. The second kappa shape index (κ2) is 7.19. The van der Waals surface area contributed by atoms with E-state index in [1.54, 1.807) is 42.5 Å². The van der Waals surface area contributed by atoms with Crippen LogP contribution < -0.4 is 10.1 Å². The summed E-state index contributed by atoms with van der Waals surface area (Å²) < 4.78 is 24.2. The van der Waals surface area contributed by atoms with E-state index in [4.69, 9.17) is 20.8 Å². The minimum absolute atomic E-state index is 0.0175. The molecule has 24 heavy (non-hydrogen) atoms. The quantitative estimate of drug-likeness (QED) is 0.715. The molecule has 0 aliphatic rings. The van der Waals surface area contributed by atoms with Crippen LogP contribution in [0.15, 0.2) is 65.3 Å². The van der Waals surface area contributed by atoms with Gasteiger partial charge in [0.25, 0.3) is 5.91 Å². The number of anilines is 1. The molecule has 0 atom stereocenters. The molecule has 0 bridgehead atoms. The minimum atomic E-state index is -0.412. The van der Waals surface area contributed by atoms with Crippen molar-refractivity contribution in [2.24, 2.45) is 0 Å². The van der Waals surface area contributed by atoms with Crippen molar-refractivity contribution in [1.82, 2.24) is 0 Å². The van der Waals surface area contributed by atoms with E-state index >= 15 is 0 Å². The van der Waals surface area contributed by atoms with Crippen molar-refractivity contribution >= 4 is 23.2 Å². The normalized spacial score (nSPS) is 10.4. The average molecular weight is 346 g/mol. The maximum absolute atomic E-state index is 13.7. The Morgan fingerprint density at radius 1 is 1.12 bits per heavy atom. The lowest BCUT2D eigenvalue weighted by Gasteiger charge is -2.09. The van der Waals surface area contributed by atoms with Crippen molar-refractivity contribution in [1.29, 1.82) is 0 Å². The maximum atomic E-state index is 13.7. The first-order chi connectivity index (χ1) is 11.6. The van der Waals surface area contributed by atoms with Gasteiger partial charge in [0.15, 0.2) is 5.76 Å². The number of hydrogen-bond acceptors (Lipinski definition) is 3. The number of nitrogens with one attached hydrogen (secondary N) is 1. The molecule has 1 aromatic heterocycles. The number of carbonyl (C=O) groups excluding carboxylic acids is 1. The van der Waals surface area contributed by atoms with Crippen molar-refractivity contribution in [2.45, 2.75) is 6.61 Å². The Bertz CT molecular complexity index is 812. The molecular formula is C18H13ClFNO3. The molecule has 3 rings (SSSR count). The Hall–Kier alpha value is -2.79. The summed E-state index contributed by atoms with van der Waals surface area (Å²) >= 11 is 5.95. The summed E-state index contributed by atoms with van der Waals surface area (Å²) in [4.78, 5) is 11.9. The highest BCUT2D eigenvalue weighted by molar-refractivity contribution is 6.31. The average Bonchev–Trinajstić information content (AvgIpc) is 3.10. The second-order valence-corrected chi connectivity index (χ2v) is 5.35. The topological polar surface area (TPSA) is 51.5 Å². The van der Waals surface area contributed by atoms with E-state index in [1.165, 1.54) is 18.4 Å². The first-order valence-corrected chi connectivity index (χ1v) is 7.52. The van der Waals surface area contributed by atoms with Crippen LogP contribution in [0.25, 0.3) is 0 Å². The van der Waals surface area contributed by atoms with Gasteiger partial charge in [0.05, 0.1) is 11.3 Å². The monoisotopic (exact) mass is 345 g/mol. The number of benzene rings is 2. The predicted octanol–water partition coefficient (Wildman–Crippen LogP) is 4.90. The minimum Gasteiger partial charge on any atom is -0.489 e. The lowest BCUT2D eigenvalue weighted by atomic mass is 10.2. The highest BCUT2D eigenvalue weighted by Gasteiger charge is 2.10. The zero-order valence-electron chi connectivity index (χ0n) is 12.5. The highest BCUT2D eigenvalue weighted by Crippen LogP contribution is 2.22. The summed E-state index contributed by atoms with van der Waals surface area (Å²) in [6.07, 6.45) is 1.43. The zero-order valence-corrected chi connectivity index (χ0v) is 13.2. The Morgan fingerprint density at radius 2 is 1.92 bits per heavy atom. The van der Waals surface area contributed by atoms with E-state index in [1.807, 2.05) is 0 Å². The van der Waals surface area contributed by atoms with Gasteiger partial charge in [0.1, 0.15) is 18.2 Å². The summed E-state index contributed by atoms with van der Waals surface area (Å²) in [6.45, 7) is 0.0175. The van der Waals surface area contributed by atoms with E-state index in [-0.39, 0.29) is 18.3 Å². The molecule has 4 nitrogen and oxygen atoms in total. The fourth-order valence-corrected chi connectivity index (χ4v) is 2.28. The van der Waals surface area contributed by atoms with Crippen molar-refractivity contribution in [3.8, 4) is 5.75 Å². The lowest BCUT2D eigenvalue weighted by Crippen LogP contribution is -2.10. The number of rotatable bonds is 5. The SMILES string of the molecule is O=C(Nc1ccc(OCc2c(F)cccc2Cl)cc1)c1ccco1. The first kappa shape index (κ1) is 16.1. The number of furan rings is 1. The number of ether oxygens (including phenoxy) is 1. The van der Waals surface area contributed by atoms with Crippen LogP contribution in [0.2, 0.25) is 5.02 Å². The molecule has 1 amide bonds. The van der Waals surface area contributed by atoms with E-state index in [2.05, 4.69) is 5.32 Å². The molecule has 0 aliphatic heterocycles. The van der Waals surface area contributed by atoms with E-state index in [9.17, 15) is 9.18 Å². The van der Waals surface area contributed by atoms with Crippen LogP contribution >= 0.6 is 11.6 Å². The molecule has 0 aliphatic carbocycles. The van der Waals surface area contributed by atoms with Crippen molar-refractivity contribution in [2.75, 3.05) is 5.32 Å². The van der Waals surface area contributed by atoms with E-state index in [0.29, 0.717) is 22.0 Å². The van der Waals surface area contributed by atoms with Crippen LogP contribution in [0.5, 0.6) is 5.75 Å². The smallest absolute Gasteiger partial charge is 0.291 e. The fraction of sp³-hybridized carbons (Fsp3) is 0.0556. The van der Waals surface area contributed by atoms with Gasteiger partial charge in [-0.1, -0.05) is 17.7 Å². The van der Waals surface area contributed by atoms with Gasteiger partial charge < -0.3 is 14.5 Å². The van der Waals surface area contributed by atoms with Gasteiger partial charge in [-0.05, 0) is 48.5 Å². The summed E-state index contributed by atoms with van der Waals surface area (Å²) in [7, 11) is 0.